The van der Waals surface area contributed by atoms with Crippen molar-refractivity contribution in [3.63, 3.8) is 0 Å². The van der Waals surface area contributed by atoms with Crippen molar-refractivity contribution in [1.29, 1.82) is 0 Å². The number of carboxylic acids is 3. The molecule has 1 fully saturated rings. The molecule has 0 aliphatic carbocycles. The molecule has 0 saturated carbocycles. The van der Waals surface area contributed by atoms with Crippen molar-refractivity contribution >= 4 is 17.9 Å². The van der Waals surface area contributed by atoms with E-state index in [0.29, 0.717) is 6.10 Å². The van der Waals surface area contributed by atoms with Gasteiger partial charge in [0, 0.05) is 38.6 Å². The second-order valence-electron chi connectivity index (χ2n) is 8.83. The molecule has 1 aliphatic heterocycles. The molecule has 3 rings (SSSR count). The summed E-state index contributed by atoms with van der Waals surface area (Å²) in [6.45, 7) is 3.47. The van der Waals surface area contributed by atoms with Gasteiger partial charge in [-0.3, -0.25) is 19.5 Å². The Kier molecular flexibility index (Phi) is 11.9. The standard InChI is InChI=1S/C20H26N2O3.C6H8O7/c1-23-19-8-7-16(11-20(19)24-2)13-22(15-18-6-4-10-25-18)14-17-5-3-9-21-12-17;7-3(8)1-6(13,5(11)12)2-4(9)10/h3,5,7-9,11-12,18H,4,6,10,13-15H2,1-2H3;13H,1-2H2,(H,7,8)(H,9,10)(H,11,12). The lowest BCUT2D eigenvalue weighted by molar-refractivity contribution is -0.170. The molecule has 1 atom stereocenters. The van der Waals surface area contributed by atoms with Gasteiger partial charge in [-0.1, -0.05) is 12.1 Å². The van der Waals surface area contributed by atoms with Gasteiger partial charge in [0.15, 0.2) is 17.1 Å². The predicted octanol–water partition coefficient (Wildman–Crippen LogP) is 2.03. The molecule has 0 radical (unpaired) electrons. The van der Waals surface area contributed by atoms with E-state index >= 15 is 0 Å². The molecule has 1 aliphatic rings. The van der Waals surface area contributed by atoms with Crippen LogP contribution in [0.15, 0.2) is 42.7 Å². The second-order valence-corrected chi connectivity index (χ2v) is 8.83. The third-order valence-electron chi connectivity index (χ3n) is 5.75. The summed E-state index contributed by atoms with van der Waals surface area (Å²) in [6, 6.07) is 10.2. The van der Waals surface area contributed by atoms with Crippen molar-refractivity contribution in [3.05, 3.63) is 53.9 Å². The average Bonchev–Trinajstić information content (AvgIpc) is 3.37. The highest BCUT2D eigenvalue weighted by Crippen LogP contribution is 2.28. The summed E-state index contributed by atoms with van der Waals surface area (Å²) in [7, 11) is 3.32. The van der Waals surface area contributed by atoms with E-state index in [0.717, 1.165) is 50.6 Å². The largest absolute Gasteiger partial charge is 0.493 e. The van der Waals surface area contributed by atoms with E-state index < -0.39 is 36.4 Å². The Morgan fingerprint density at radius 1 is 1.03 bits per heavy atom. The van der Waals surface area contributed by atoms with E-state index in [2.05, 4.69) is 22.0 Å². The zero-order valence-corrected chi connectivity index (χ0v) is 21.4. The minimum absolute atomic E-state index is 0.316. The molecule has 1 aromatic heterocycles. The van der Waals surface area contributed by atoms with Gasteiger partial charge in [-0.15, -0.1) is 0 Å². The molecular weight excluding hydrogens is 500 g/mol. The van der Waals surface area contributed by atoms with Crippen molar-refractivity contribution in [2.45, 2.75) is 50.5 Å². The van der Waals surface area contributed by atoms with Crippen molar-refractivity contribution in [2.24, 2.45) is 0 Å². The minimum Gasteiger partial charge on any atom is -0.493 e. The number of nitrogens with zero attached hydrogens (tertiary/aromatic N) is 2. The van der Waals surface area contributed by atoms with E-state index in [4.69, 9.17) is 34.6 Å². The molecular formula is C26H34N2O10. The van der Waals surface area contributed by atoms with E-state index in [9.17, 15) is 14.4 Å². The summed E-state index contributed by atoms with van der Waals surface area (Å²) in [5, 5.41) is 33.8. The van der Waals surface area contributed by atoms with Gasteiger partial charge in [-0.2, -0.15) is 0 Å². The molecule has 12 nitrogen and oxygen atoms in total. The molecule has 1 saturated heterocycles. The van der Waals surface area contributed by atoms with Crippen LogP contribution in [0, 0.1) is 0 Å². The Bertz CT molecular complexity index is 1040. The van der Waals surface area contributed by atoms with E-state index in [-0.39, 0.29) is 0 Å². The predicted molar refractivity (Wildman–Crippen MR) is 134 cm³/mol. The summed E-state index contributed by atoms with van der Waals surface area (Å²) < 4.78 is 16.6. The zero-order valence-electron chi connectivity index (χ0n) is 21.4. The topological polar surface area (TPSA) is 176 Å². The van der Waals surface area contributed by atoms with Gasteiger partial charge in [-0.25, -0.2) is 4.79 Å². The first kappa shape index (κ1) is 30.5. The fourth-order valence-electron chi connectivity index (χ4n) is 3.96. The smallest absolute Gasteiger partial charge is 0.336 e. The molecule has 1 aromatic carbocycles. The fourth-order valence-corrected chi connectivity index (χ4v) is 3.96. The number of rotatable bonds is 13. The molecule has 0 amide bonds. The maximum Gasteiger partial charge on any atom is 0.336 e. The summed E-state index contributed by atoms with van der Waals surface area (Å²) in [5.74, 6) is -3.50. The highest BCUT2D eigenvalue weighted by Gasteiger charge is 2.40. The lowest BCUT2D eigenvalue weighted by Crippen LogP contribution is -2.42. The van der Waals surface area contributed by atoms with E-state index in [1.54, 1.807) is 14.2 Å². The summed E-state index contributed by atoms with van der Waals surface area (Å²) in [5.41, 5.74) is -0.335. The van der Waals surface area contributed by atoms with Gasteiger partial charge in [0.2, 0.25) is 0 Å². The number of benzene rings is 1. The molecule has 2 aromatic rings. The molecule has 38 heavy (non-hydrogen) atoms. The minimum atomic E-state index is -2.74. The number of carbonyl (C=O) groups is 3. The number of aromatic nitrogens is 1. The highest BCUT2D eigenvalue weighted by molar-refractivity contribution is 5.88. The first-order valence-corrected chi connectivity index (χ1v) is 11.9. The molecule has 4 N–H and O–H groups in total. The van der Waals surface area contributed by atoms with Gasteiger partial charge in [-0.05, 0) is 42.2 Å². The van der Waals surface area contributed by atoms with Crippen molar-refractivity contribution < 1.29 is 49.0 Å². The van der Waals surface area contributed by atoms with Crippen molar-refractivity contribution in [2.75, 3.05) is 27.4 Å². The monoisotopic (exact) mass is 534 g/mol. The number of pyridine rings is 1. The Morgan fingerprint density at radius 3 is 2.18 bits per heavy atom. The van der Waals surface area contributed by atoms with Gasteiger partial charge >= 0.3 is 17.9 Å². The van der Waals surface area contributed by atoms with Crippen LogP contribution in [0.4, 0.5) is 0 Å². The molecule has 1 unspecified atom stereocenters. The zero-order chi connectivity index (χ0) is 28.1. The Labute approximate surface area is 220 Å². The van der Waals surface area contributed by atoms with Gasteiger partial charge < -0.3 is 34.6 Å². The van der Waals surface area contributed by atoms with Gasteiger partial charge in [0.25, 0.3) is 0 Å². The van der Waals surface area contributed by atoms with Crippen LogP contribution in [0.5, 0.6) is 11.5 Å². The molecule has 0 bridgehead atoms. The van der Waals surface area contributed by atoms with Crippen LogP contribution < -0.4 is 9.47 Å². The quantitative estimate of drug-likeness (QED) is 0.295. The highest BCUT2D eigenvalue weighted by atomic mass is 16.5. The van der Waals surface area contributed by atoms with Crippen LogP contribution in [0.25, 0.3) is 0 Å². The van der Waals surface area contributed by atoms with Crippen LogP contribution >= 0.6 is 0 Å². The number of hydrogen-bond acceptors (Lipinski definition) is 9. The van der Waals surface area contributed by atoms with Gasteiger partial charge in [0.1, 0.15) is 0 Å². The normalized spacial score (nSPS) is 14.9. The number of hydrogen-bond donors (Lipinski definition) is 4. The van der Waals surface area contributed by atoms with Crippen molar-refractivity contribution in [1.82, 2.24) is 9.88 Å². The Balaban J connectivity index is 0.000000332. The lowest BCUT2D eigenvalue weighted by atomic mass is 9.96. The number of carboxylic acid groups (broad SMARTS) is 3. The maximum atomic E-state index is 10.3. The first-order chi connectivity index (χ1) is 18.1. The van der Waals surface area contributed by atoms with Crippen LogP contribution in [0.1, 0.15) is 36.8 Å². The van der Waals surface area contributed by atoms with Crippen LogP contribution in [0.3, 0.4) is 0 Å². The third kappa shape index (κ3) is 9.96. The second kappa shape index (κ2) is 14.9. The fraction of sp³-hybridized carbons (Fsp3) is 0.462. The maximum absolute atomic E-state index is 10.3. The number of methoxy groups -OCH3 is 2. The Morgan fingerprint density at radius 2 is 1.68 bits per heavy atom. The lowest BCUT2D eigenvalue weighted by Gasteiger charge is -2.25. The molecule has 12 heteroatoms. The van der Waals surface area contributed by atoms with Crippen LogP contribution in [0.2, 0.25) is 0 Å². The van der Waals surface area contributed by atoms with Crippen LogP contribution in [-0.2, 0) is 32.2 Å². The number of aliphatic hydroxyl groups is 1. The van der Waals surface area contributed by atoms with E-state index in [1.807, 2.05) is 30.6 Å². The molecule has 208 valence electrons. The molecule has 0 spiro atoms. The van der Waals surface area contributed by atoms with Crippen molar-refractivity contribution in [3.8, 4) is 11.5 Å². The number of aliphatic carboxylic acids is 3. The summed E-state index contributed by atoms with van der Waals surface area (Å²) in [4.78, 5) is 37.1. The summed E-state index contributed by atoms with van der Waals surface area (Å²) >= 11 is 0. The van der Waals surface area contributed by atoms with Crippen LogP contribution in [-0.4, -0.2) is 87.3 Å². The van der Waals surface area contributed by atoms with E-state index in [1.165, 1.54) is 11.1 Å². The summed E-state index contributed by atoms with van der Waals surface area (Å²) in [6.07, 6.45) is 4.05. The van der Waals surface area contributed by atoms with Gasteiger partial charge in [0.05, 0.1) is 33.2 Å². The SMILES string of the molecule is COc1ccc(CN(Cc2cccnc2)CC2CCCO2)cc1OC.O=C(O)CC(O)(CC(=O)O)C(=O)O. The molecule has 2 heterocycles. The third-order valence-corrected chi connectivity index (χ3v) is 5.75. The first-order valence-electron chi connectivity index (χ1n) is 11.9. The Hall–Kier alpha value is -3.74. The number of ether oxygens (including phenoxy) is 3. The average molecular weight is 535 g/mol.